The van der Waals surface area contributed by atoms with Gasteiger partial charge in [0.2, 0.25) is 0 Å². The SMILES string of the molecule is CCc1c(CC)n(CCCCCN2CCOCC2)c2ccccc12. The first-order chi connectivity index (χ1) is 11.8. The molecule has 24 heavy (non-hydrogen) atoms. The second kappa shape index (κ2) is 8.68. The Morgan fingerprint density at radius 2 is 1.67 bits per heavy atom. The molecule has 2 heterocycles. The van der Waals surface area contributed by atoms with Crippen molar-refractivity contribution in [1.82, 2.24) is 9.47 Å². The van der Waals surface area contributed by atoms with Gasteiger partial charge in [-0.25, -0.2) is 0 Å². The van der Waals surface area contributed by atoms with Crippen LogP contribution in [0.1, 0.15) is 44.4 Å². The summed E-state index contributed by atoms with van der Waals surface area (Å²) < 4.78 is 8.01. The molecule has 132 valence electrons. The van der Waals surface area contributed by atoms with Crippen molar-refractivity contribution in [2.45, 2.75) is 52.5 Å². The molecule has 1 saturated heterocycles. The van der Waals surface area contributed by atoms with Gasteiger partial charge in [-0.1, -0.05) is 38.5 Å². The minimum atomic E-state index is 0.912. The maximum absolute atomic E-state index is 5.42. The molecule has 3 heteroatoms. The summed E-state index contributed by atoms with van der Waals surface area (Å²) in [5.41, 5.74) is 4.53. The Labute approximate surface area is 146 Å². The van der Waals surface area contributed by atoms with Crippen LogP contribution in [0.2, 0.25) is 0 Å². The maximum Gasteiger partial charge on any atom is 0.0594 e. The van der Waals surface area contributed by atoms with Crippen LogP contribution in [0.5, 0.6) is 0 Å². The van der Waals surface area contributed by atoms with Crippen molar-refractivity contribution in [3.8, 4) is 0 Å². The van der Waals surface area contributed by atoms with Crippen LogP contribution in [0.4, 0.5) is 0 Å². The van der Waals surface area contributed by atoms with Gasteiger partial charge in [-0.05, 0) is 43.9 Å². The highest BCUT2D eigenvalue weighted by atomic mass is 16.5. The van der Waals surface area contributed by atoms with Crippen LogP contribution in [0.15, 0.2) is 24.3 Å². The summed E-state index contributed by atoms with van der Waals surface area (Å²) in [5.74, 6) is 0. The van der Waals surface area contributed by atoms with Gasteiger partial charge in [0.25, 0.3) is 0 Å². The van der Waals surface area contributed by atoms with Gasteiger partial charge < -0.3 is 9.30 Å². The summed E-state index contributed by atoms with van der Waals surface area (Å²) in [4.78, 5) is 2.54. The highest BCUT2D eigenvalue weighted by molar-refractivity contribution is 5.85. The summed E-state index contributed by atoms with van der Waals surface area (Å²) in [6.07, 6.45) is 6.16. The van der Waals surface area contributed by atoms with E-state index in [0.29, 0.717) is 0 Å². The normalized spacial score (nSPS) is 16.1. The molecule has 0 aliphatic carbocycles. The molecule has 1 aliphatic heterocycles. The number of nitrogens with zero attached hydrogens (tertiary/aromatic N) is 2. The third kappa shape index (κ3) is 3.84. The lowest BCUT2D eigenvalue weighted by Gasteiger charge is -2.26. The lowest BCUT2D eigenvalue weighted by atomic mass is 10.1. The molecule has 0 saturated carbocycles. The van der Waals surface area contributed by atoms with Crippen molar-refractivity contribution in [1.29, 1.82) is 0 Å². The van der Waals surface area contributed by atoms with Crippen molar-refractivity contribution in [3.63, 3.8) is 0 Å². The average molecular weight is 328 g/mol. The summed E-state index contributed by atoms with van der Waals surface area (Å²) in [6.45, 7) is 11.0. The van der Waals surface area contributed by atoms with Gasteiger partial charge in [-0.2, -0.15) is 0 Å². The molecule has 0 spiro atoms. The Morgan fingerprint density at radius 3 is 2.42 bits per heavy atom. The number of morpholine rings is 1. The Kier molecular flexibility index (Phi) is 6.33. The van der Waals surface area contributed by atoms with Crippen molar-refractivity contribution in [2.75, 3.05) is 32.8 Å². The fourth-order valence-corrected chi connectivity index (χ4v) is 4.09. The number of ether oxygens (including phenoxy) is 1. The van der Waals surface area contributed by atoms with Crippen molar-refractivity contribution in [2.24, 2.45) is 0 Å². The summed E-state index contributed by atoms with van der Waals surface area (Å²) >= 11 is 0. The van der Waals surface area contributed by atoms with Gasteiger partial charge in [0.1, 0.15) is 0 Å². The molecular weight excluding hydrogens is 296 g/mol. The highest BCUT2D eigenvalue weighted by Crippen LogP contribution is 2.27. The molecule has 0 radical (unpaired) electrons. The van der Waals surface area contributed by atoms with Gasteiger partial charge in [0.15, 0.2) is 0 Å². The first kappa shape index (κ1) is 17.5. The smallest absolute Gasteiger partial charge is 0.0594 e. The van der Waals surface area contributed by atoms with Crippen LogP contribution in [-0.4, -0.2) is 42.3 Å². The second-order valence-corrected chi connectivity index (χ2v) is 6.82. The number of hydrogen-bond donors (Lipinski definition) is 0. The van der Waals surface area contributed by atoms with Gasteiger partial charge in [0.05, 0.1) is 13.2 Å². The molecule has 1 aromatic heterocycles. The Balaban J connectivity index is 1.58. The third-order valence-electron chi connectivity index (χ3n) is 5.34. The van der Waals surface area contributed by atoms with E-state index in [9.17, 15) is 0 Å². The molecule has 0 unspecified atom stereocenters. The number of hydrogen-bond acceptors (Lipinski definition) is 2. The van der Waals surface area contributed by atoms with E-state index >= 15 is 0 Å². The van der Waals surface area contributed by atoms with E-state index in [-0.39, 0.29) is 0 Å². The lowest BCUT2D eigenvalue weighted by molar-refractivity contribution is 0.0371. The molecule has 0 amide bonds. The van der Waals surface area contributed by atoms with Gasteiger partial charge >= 0.3 is 0 Å². The summed E-state index contributed by atoms with van der Waals surface area (Å²) in [5, 5.41) is 1.46. The van der Waals surface area contributed by atoms with Crippen LogP contribution in [0, 0.1) is 0 Å². The zero-order valence-electron chi connectivity index (χ0n) is 15.4. The van der Waals surface area contributed by atoms with E-state index in [1.165, 1.54) is 36.7 Å². The van der Waals surface area contributed by atoms with Crippen molar-refractivity contribution < 1.29 is 4.74 Å². The lowest BCUT2D eigenvalue weighted by Crippen LogP contribution is -2.36. The number of para-hydroxylation sites is 1. The third-order valence-corrected chi connectivity index (χ3v) is 5.34. The first-order valence-electron chi connectivity index (χ1n) is 9.74. The van der Waals surface area contributed by atoms with Crippen molar-refractivity contribution >= 4 is 10.9 Å². The van der Waals surface area contributed by atoms with Gasteiger partial charge in [-0.3, -0.25) is 4.90 Å². The quantitative estimate of drug-likeness (QED) is 0.673. The van der Waals surface area contributed by atoms with E-state index in [1.54, 1.807) is 11.3 Å². The number of fused-ring (bicyclic) bond motifs is 1. The number of aromatic nitrogens is 1. The molecule has 0 atom stereocenters. The van der Waals surface area contributed by atoms with E-state index in [4.69, 9.17) is 4.74 Å². The molecule has 1 aliphatic rings. The predicted octanol–water partition coefficient (Wildman–Crippen LogP) is 4.27. The second-order valence-electron chi connectivity index (χ2n) is 6.82. The zero-order valence-corrected chi connectivity index (χ0v) is 15.4. The minimum Gasteiger partial charge on any atom is -0.379 e. The number of aryl methyl sites for hydroxylation is 2. The van der Waals surface area contributed by atoms with Crippen LogP contribution in [0.25, 0.3) is 10.9 Å². The van der Waals surface area contributed by atoms with Gasteiger partial charge in [-0.15, -0.1) is 0 Å². The molecular formula is C21H32N2O. The molecule has 1 aromatic carbocycles. The highest BCUT2D eigenvalue weighted by Gasteiger charge is 2.14. The standard InChI is InChI=1S/C21H32N2O/c1-3-18-19-10-6-7-11-21(19)23(20(18)4-2)13-9-5-8-12-22-14-16-24-17-15-22/h6-7,10-11H,3-5,8-9,12-17H2,1-2H3. The molecule has 0 N–H and O–H groups in total. The molecule has 3 rings (SSSR count). The number of unbranched alkanes of at least 4 members (excludes halogenated alkanes) is 2. The van der Waals surface area contributed by atoms with E-state index in [1.807, 2.05) is 0 Å². The first-order valence-corrected chi connectivity index (χ1v) is 9.74. The average Bonchev–Trinajstić information content (AvgIpc) is 2.95. The Hall–Kier alpha value is -1.32. The fourth-order valence-electron chi connectivity index (χ4n) is 4.09. The largest absolute Gasteiger partial charge is 0.379 e. The van der Waals surface area contributed by atoms with Crippen LogP contribution < -0.4 is 0 Å². The summed E-state index contributed by atoms with van der Waals surface area (Å²) in [7, 11) is 0. The zero-order chi connectivity index (χ0) is 16.8. The summed E-state index contributed by atoms with van der Waals surface area (Å²) in [6, 6.07) is 8.94. The van der Waals surface area contributed by atoms with E-state index in [0.717, 1.165) is 45.7 Å². The van der Waals surface area contributed by atoms with Gasteiger partial charge in [0, 0.05) is 36.2 Å². The maximum atomic E-state index is 5.42. The molecule has 2 aromatic rings. The minimum absolute atomic E-state index is 0.912. The van der Waals surface area contributed by atoms with E-state index < -0.39 is 0 Å². The number of benzene rings is 1. The molecule has 0 bridgehead atoms. The van der Waals surface area contributed by atoms with Crippen LogP contribution in [0.3, 0.4) is 0 Å². The van der Waals surface area contributed by atoms with Crippen LogP contribution in [-0.2, 0) is 24.1 Å². The predicted molar refractivity (Wildman–Crippen MR) is 102 cm³/mol. The Morgan fingerprint density at radius 1 is 0.917 bits per heavy atom. The van der Waals surface area contributed by atoms with Crippen LogP contribution >= 0.6 is 0 Å². The Bertz CT molecular complexity index is 641. The number of rotatable bonds is 8. The van der Waals surface area contributed by atoms with E-state index in [2.05, 4.69) is 47.6 Å². The monoisotopic (exact) mass is 328 g/mol. The van der Waals surface area contributed by atoms with Crippen molar-refractivity contribution in [3.05, 3.63) is 35.5 Å². The fraction of sp³-hybridized carbons (Fsp3) is 0.619. The molecule has 3 nitrogen and oxygen atoms in total. The molecule has 1 fully saturated rings. The topological polar surface area (TPSA) is 17.4 Å².